The molecule has 0 N–H and O–H groups in total. The van der Waals surface area contributed by atoms with Gasteiger partial charge in [-0.2, -0.15) is 5.26 Å². The summed E-state index contributed by atoms with van der Waals surface area (Å²) in [6.07, 6.45) is 3.59. The van der Waals surface area contributed by atoms with Crippen LogP contribution in [0.4, 0.5) is 10.5 Å². The topological polar surface area (TPSA) is 108 Å². The average Bonchev–Trinajstić information content (AvgIpc) is 3.42. The molecule has 0 saturated carbocycles. The van der Waals surface area contributed by atoms with Crippen LogP contribution in [0.2, 0.25) is 0 Å². The smallest absolute Gasteiger partial charge is 0.410 e. The Balaban J connectivity index is 1.15. The molecule has 0 aliphatic carbocycles. The molecule has 1 atom stereocenters. The Morgan fingerprint density at radius 3 is 2.68 bits per heavy atom. The molecule has 2 aromatic heterocycles. The molecule has 1 unspecified atom stereocenters. The summed E-state index contributed by atoms with van der Waals surface area (Å²) in [5.41, 5.74) is 6.01. The predicted molar refractivity (Wildman–Crippen MR) is 153 cm³/mol. The minimum Gasteiger partial charge on any atom is -0.445 e. The zero-order chi connectivity index (χ0) is 28.3. The van der Waals surface area contributed by atoms with Crippen LogP contribution in [0.5, 0.6) is 0 Å². The van der Waals surface area contributed by atoms with E-state index in [0.717, 1.165) is 27.9 Å². The molecule has 6 rings (SSSR count). The van der Waals surface area contributed by atoms with E-state index < -0.39 is 0 Å². The van der Waals surface area contributed by atoms with E-state index in [1.807, 2.05) is 59.5 Å². The first kappa shape index (κ1) is 26.3. The number of benzene rings is 2. The molecule has 2 amide bonds. The van der Waals surface area contributed by atoms with Crippen LogP contribution in [-0.4, -0.2) is 68.6 Å². The molecule has 0 radical (unpaired) electrons. The first-order valence-electron chi connectivity index (χ1n) is 13.8. The molecule has 2 aliphatic rings. The van der Waals surface area contributed by atoms with Crippen molar-refractivity contribution in [1.82, 2.24) is 24.3 Å². The fourth-order valence-electron chi connectivity index (χ4n) is 5.82. The van der Waals surface area contributed by atoms with Crippen LogP contribution < -0.4 is 4.90 Å². The highest BCUT2D eigenvalue weighted by molar-refractivity contribution is 5.79. The standard InChI is InChI=1S/C31H31N7O3/c1-22-17-35(14-15-38(22)29(39)19-37-21-34-27-8-5-12-33-30(27)37)28-10-9-24(16-32)25-11-13-36(18-26(25)28)31(40)41-20-23-6-3-2-4-7-23/h2-10,12,21-22H,11,13-15,17-20H2,1H3. The number of pyridine rings is 1. The fourth-order valence-corrected chi connectivity index (χ4v) is 5.82. The highest BCUT2D eigenvalue weighted by atomic mass is 16.6. The van der Waals surface area contributed by atoms with Crippen LogP contribution >= 0.6 is 0 Å². The minimum atomic E-state index is -0.363. The van der Waals surface area contributed by atoms with Gasteiger partial charge in [-0.15, -0.1) is 0 Å². The van der Waals surface area contributed by atoms with Gasteiger partial charge in [0.05, 0.1) is 24.5 Å². The lowest BCUT2D eigenvalue weighted by atomic mass is 9.92. The van der Waals surface area contributed by atoms with Crippen molar-refractivity contribution in [1.29, 1.82) is 5.26 Å². The van der Waals surface area contributed by atoms with Gasteiger partial charge in [0.25, 0.3) is 0 Å². The fraction of sp³-hybridized carbons (Fsp3) is 0.323. The number of hydrogen-bond acceptors (Lipinski definition) is 7. The first-order chi connectivity index (χ1) is 20.0. The van der Waals surface area contributed by atoms with E-state index in [1.165, 1.54) is 0 Å². The van der Waals surface area contributed by atoms with Crippen molar-refractivity contribution in [2.24, 2.45) is 0 Å². The van der Waals surface area contributed by atoms with Crippen molar-refractivity contribution in [2.75, 3.05) is 31.1 Å². The summed E-state index contributed by atoms with van der Waals surface area (Å²) in [7, 11) is 0. The number of fused-ring (bicyclic) bond motifs is 2. The second-order valence-electron chi connectivity index (χ2n) is 10.5. The van der Waals surface area contributed by atoms with Crippen molar-refractivity contribution >= 4 is 28.9 Å². The van der Waals surface area contributed by atoms with Gasteiger partial charge in [0.2, 0.25) is 5.91 Å². The van der Waals surface area contributed by atoms with Gasteiger partial charge in [-0.05, 0) is 54.3 Å². The van der Waals surface area contributed by atoms with Gasteiger partial charge in [-0.1, -0.05) is 30.3 Å². The van der Waals surface area contributed by atoms with Gasteiger partial charge in [-0.25, -0.2) is 14.8 Å². The lowest BCUT2D eigenvalue weighted by molar-refractivity contribution is -0.134. The number of hydrogen-bond donors (Lipinski definition) is 0. The maximum Gasteiger partial charge on any atom is 0.410 e. The molecule has 4 aromatic rings. The summed E-state index contributed by atoms with van der Waals surface area (Å²) in [5, 5.41) is 9.77. The Morgan fingerprint density at radius 1 is 1.02 bits per heavy atom. The van der Waals surface area contributed by atoms with Crippen molar-refractivity contribution in [3.63, 3.8) is 0 Å². The van der Waals surface area contributed by atoms with Crippen LogP contribution in [0, 0.1) is 11.3 Å². The molecule has 4 heterocycles. The van der Waals surface area contributed by atoms with Gasteiger partial charge < -0.3 is 24.0 Å². The van der Waals surface area contributed by atoms with Gasteiger partial charge in [0.15, 0.2) is 5.65 Å². The van der Waals surface area contributed by atoms with E-state index in [9.17, 15) is 14.9 Å². The molecule has 2 aromatic carbocycles. The summed E-state index contributed by atoms with van der Waals surface area (Å²) in [4.78, 5) is 40.9. The average molecular weight is 550 g/mol. The van der Waals surface area contributed by atoms with Gasteiger partial charge in [0.1, 0.15) is 18.7 Å². The SMILES string of the molecule is CC1CN(c2ccc(C#N)c3c2CN(C(=O)OCc2ccccc2)CC3)CCN1C(=O)Cn1cnc2cccnc21. The zero-order valence-corrected chi connectivity index (χ0v) is 22.9. The normalized spacial score (nSPS) is 16.8. The molecular weight excluding hydrogens is 518 g/mol. The summed E-state index contributed by atoms with van der Waals surface area (Å²) in [5.74, 6) is 0.0243. The monoisotopic (exact) mass is 549 g/mol. The highest BCUT2D eigenvalue weighted by Gasteiger charge is 2.32. The Kier molecular flexibility index (Phi) is 7.25. The van der Waals surface area contributed by atoms with E-state index in [2.05, 4.69) is 27.9 Å². The second-order valence-corrected chi connectivity index (χ2v) is 10.5. The van der Waals surface area contributed by atoms with Crippen LogP contribution in [0.1, 0.15) is 29.2 Å². The van der Waals surface area contributed by atoms with Crippen LogP contribution in [0.25, 0.3) is 11.2 Å². The summed E-state index contributed by atoms with van der Waals surface area (Å²) < 4.78 is 7.40. The Bertz CT molecular complexity index is 1630. The summed E-state index contributed by atoms with van der Waals surface area (Å²) in [6, 6.07) is 19.5. The van der Waals surface area contributed by atoms with E-state index in [0.29, 0.717) is 50.4 Å². The third kappa shape index (κ3) is 5.31. The van der Waals surface area contributed by atoms with Crippen LogP contribution in [0.3, 0.4) is 0 Å². The quantitative estimate of drug-likeness (QED) is 0.373. The number of rotatable bonds is 5. The van der Waals surface area contributed by atoms with Crippen molar-refractivity contribution in [3.05, 3.63) is 89.4 Å². The molecule has 10 nitrogen and oxygen atoms in total. The molecule has 0 spiro atoms. The third-order valence-electron chi connectivity index (χ3n) is 7.94. The molecule has 208 valence electrons. The van der Waals surface area contributed by atoms with Crippen molar-refractivity contribution in [3.8, 4) is 6.07 Å². The molecule has 1 fully saturated rings. The first-order valence-corrected chi connectivity index (χ1v) is 13.8. The molecule has 10 heteroatoms. The number of aromatic nitrogens is 3. The van der Waals surface area contributed by atoms with E-state index in [-0.39, 0.29) is 31.2 Å². The van der Waals surface area contributed by atoms with Gasteiger partial charge in [0, 0.05) is 44.1 Å². The minimum absolute atomic E-state index is 0.0243. The zero-order valence-electron chi connectivity index (χ0n) is 22.9. The molecule has 2 aliphatic heterocycles. The number of piperazine rings is 1. The van der Waals surface area contributed by atoms with Gasteiger partial charge >= 0.3 is 6.09 Å². The van der Waals surface area contributed by atoms with Crippen molar-refractivity contribution in [2.45, 2.75) is 39.1 Å². The maximum absolute atomic E-state index is 13.3. The Labute approximate surface area is 238 Å². The van der Waals surface area contributed by atoms with Crippen LogP contribution in [-0.2, 0) is 35.6 Å². The number of nitriles is 1. The number of anilines is 1. The third-order valence-corrected chi connectivity index (χ3v) is 7.94. The molecule has 0 bridgehead atoms. The molecule has 1 saturated heterocycles. The number of amides is 2. The number of carbonyl (C=O) groups is 2. The number of nitrogens with zero attached hydrogens (tertiary/aromatic N) is 7. The Morgan fingerprint density at radius 2 is 1.88 bits per heavy atom. The summed E-state index contributed by atoms with van der Waals surface area (Å²) in [6.45, 7) is 5.19. The lowest BCUT2D eigenvalue weighted by Gasteiger charge is -2.42. The Hall–Kier alpha value is -4.91. The number of imidazole rings is 1. The predicted octanol–water partition coefficient (Wildman–Crippen LogP) is 3.74. The maximum atomic E-state index is 13.3. The van der Waals surface area contributed by atoms with E-state index in [4.69, 9.17) is 4.74 Å². The van der Waals surface area contributed by atoms with E-state index in [1.54, 1.807) is 22.0 Å². The largest absolute Gasteiger partial charge is 0.445 e. The van der Waals surface area contributed by atoms with Crippen molar-refractivity contribution < 1.29 is 14.3 Å². The van der Waals surface area contributed by atoms with Gasteiger partial charge in [-0.3, -0.25) is 4.79 Å². The van der Waals surface area contributed by atoms with Crippen LogP contribution in [0.15, 0.2) is 67.1 Å². The second kappa shape index (κ2) is 11.3. The number of ether oxygens (including phenoxy) is 1. The number of carbonyl (C=O) groups excluding carboxylic acids is 2. The lowest BCUT2D eigenvalue weighted by Crippen LogP contribution is -2.55. The molecular formula is C31H31N7O3. The van der Waals surface area contributed by atoms with E-state index >= 15 is 0 Å². The molecule has 41 heavy (non-hydrogen) atoms. The highest BCUT2D eigenvalue weighted by Crippen LogP contribution is 2.33. The summed E-state index contributed by atoms with van der Waals surface area (Å²) >= 11 is 0.